The Labute approximate surface area is 136 Å². The molecular formula is C16H26N2O5. The van der Waals surface area contributed by atoms with Crippen molar-refractivity contribution in [1.82, 2.24) is 10.6 Å². The maximum Gasteiger partial charge on any atom is 0.407 e. The number of carbonyl (C=O) groups is 3. The van der Waals surface area contributed by atoms with Crippen LogP contribution in [-0.2, 0) is 19.1 Å². The van der Waals surface area contributed by atoms with E-state index in [0.717, 1.165) is 32.1 Å². The average molecular weight is 326 g/mol. The molecule has 23 heavy (non-hydrogen) atoms. The van der Waals surface area contributed by atoms with E-state index >= 15 is 0 Å². The van der Waals surface area contributed by atoms with Crippen molar-refractivity contribution in [3.8, 4) is 0 Å². The van der Waals surface area contributed by atoms with Gasteiger partial charge in [-0.2, -0.15) is 0 Å². The molecule has 1 fully saturated rings. The van der Waals surface area contributed by atoms with Gasteiger partial charge in [0.05, 0.1) is 0 Å². The molecule has 1 saturated carbocycles. The van der Waals surface area contributed by atoms with E-state index in [1.807, 2.05) is 0 Å². The summed E-state index contributed by atoms with van der Waals surface area (Å²) in [6, 6.07) is 0. The fourth-order valence-corrected chi connectivity index (χ4v) is 2.66. The van der Waals surface area contributed by atoms with Gasteiger partial charge in [0.15, 0.2) is 0 Å². The van der Waals surface area contributed by atoms with Gasteiger partial charge < -0.3 is 20.1 Å². The summed E-state index contributed by atoms with van der Waals surface area (Å²) in [7, 11) is 0. The lowest BCUT2D eigenvalue weighted by molar-refractivity contribution is -0.139. The standard InChI is InChI=1S/C16H26N2O5/c1-12(2)15(20)22-6-7-23-16(21)18-10-14-5-3-4-13(8-14)9-17-11-19/h11,13-14H,1,3-10H2,2H3,(H,17,19)(H,18,21). The van der Waals surface area contributed by atoms with Crippen LogP contribution in [0.1, 0.15) is 32.6 Å². The van der Waals surface area contributed by atoms with Crippen molar-refractivity contribution in [3.05, 3.63) is 12.2 Å². The van der Waals surface area contributed by atoms with E-state index < -0.39 is 12.1 Å². The number of rotatable bonds is 9. The molecule has 130 valence electrons. The van der Waals surface area contributed by atoms with Crippen molar-refractivity contribution in [2.24, 2.45) is 11.8 Å². The SMILES string of the molecule is C=C(C)C(=O)OCCOC(=O)NCC1CCCC(CNC=O)C1. The molecule has 0 saturated heterocycles. The predicted molar refractivity (Wildman–Crippen MR) is 84.6 cm³/mol. The van der Waals surface area contributed by atoms with Crippen LogP contribution < -0.4 is 10.6 Å². The zero-order valence-corrected chi connectivity index (χ0v) is 13.6. The van der Waals surface area contributed by atoms with Crippen LogP contribution in [0, 0.1) is 11.8 Å². The van der Waals surface area contributed by atoms with Crippen LogP contribution in [0.25, 0.3) is 0 Å². The highest BCUT2D eigenvalue weighted by Crippen LogP contribution is 2.28. The van der Waals surface area contributed by atoms with Crippen LogP contribution in [0.5, 0.6) is 0 Å². The van der Waals surface area contributed by atoms with Crippen molar-refractivity contribution >= 4 is 18.5 Å². The zero-order chi connectivity index (χ0) is 17.1. The van der Waals surface area contributed by atoms with E-state index in [-0.39, 0.29) is 13.2 Å². The van der Waals surface area contributed by atoms with E-state index in [1.54, 1.807) is 6.92 Å². The van der Waals surface area contributed by atoms with E-state index in [1.165, 1.54) is 0 Å². The summed E-state index contributed by atoms with van der Waals surface area (Å²) in [6.45, 7) is 6.29. The molecule has 1 aliphatic carbocycles. The molecule has 0 spiro atoms. The molecule has 0 bridgehead atoms. The maximum atomic E-state index is 11.6. The van der Waals surface area contributed by atoms with Gasteiger partial charge in [-0.1, -0.05) is 13.0 Å². The lowest BCUT2D eigenvalue weighted by atomic mass is 9.81. The van der Waals surface area contributed by atoms with Crippen molar-refractivity contribution in [1.29, 1.82) is 0 Å². The molecule has 0 aromatic heterocycles. The van der Waals surface area contributed by atoms with Gasteiger partial charge in [-0.25, -0.2) is 9.59 Å². The Balaban J connectivity index is 2.11. The Morgan fingerprint density at radius 1 is 1.17 bits per heavy atom. The van der Waals surface area contributed by atoms with Crippen LogP contribution in [0.2, 0.25) is 0 Å². The Kier molecular flexibility index (Phi) is 8.79. The fourth-order valence-electron chi connectivity index (χ4n) is 2.66. The van der Waals surface area contributed by atoms with Crippen LogP contribution in [0.15, 0.2) is 12.2 Å². The first-order valence-corrected chi connectivity index (χ1v) is 7.93. The second-order valence-electron chi connectivity index (χ2n) is 5.86. The quantitative estimate of drug-likeness (QED) is 0.289. The number of hydrogen-bond donors (Lipinski definition) is 2. The minimum Gasteiger partial charge on any atom is -0.459 e. The summed E-state index contributed by atoms with van der Waals surface area (Å²) in [4.78, 5) is 33.0. The van der Waals surface area contributed by atoms with Crippen molar-refractivity contribution < 1.29 is 23.9 Å². The van der Waals surface area contributed by atoms with Gasteiger partial charge in [0.1, 0.15) is 13.2 Å². The molecule has 2 unspecified atom stereocenters. The average Bonchev–Trinajstić information content (AvgIpc) is 2.55. The lowest BCUT2D eigenvalue weighted by Gasteiger charge is -2.28. The summed E-state index contributed by atoms with van der Waals surface area (Å²) in [5.41, 5.74) is 0.311. The Morgan fingerprint density at radius 2 is 1.83 bits per heavy atom. The highest BCUT2D eigenvalue weighted by atomic mass is 16.6. The molecule has 1 aliphatic rings. The summed E-state index contributed by atoms with van der Waals surface area (Å²) in [5, 5.41) is 5.45. The van der Waals surface area contributed by atoms with Crippen molar-refractivity contribution in [3.63, 3.8) is 0 Å². The Morgan fingerprint density at radius 3 is 2.48 bits per heavy atom. The van der Waals surface area contributed by atoms with Gasteiger partial charge in [0, 0.05) is 18.7 Å². The number of nitrogens with one attached hydrogen (secondary N) is 2. The monoisotopic (exact) mass is 326 g/mol. The highest BCUT2D eigenvalue weighted by molar-refractivity contribution is 5.86. The first-order valence-electron chi connectivity index (χ1n) is 7.93. The number of ether oxygens (including phenoxy) is 2. The molecule has 7 nitrogen and oxygen atoms in total. The van der Waals surface area contributed by atoms with E-state index in [9.17, 15) is 14.4 Å². The lowest BCUT2D eigenvalue weighted by Crippen LogP contribution is -2.34. The maximum absolute atomic E-state index is 11.6. The first-order chi connectivity index (χ1) is 11.0. The van der Waals surface area contributed by atoms with Gasteiger partial charge >= 0.3 is 12.1 Å². The number of alkyl carbamates (subject to hydrolysis) is 1. The summed E-state index contributed by atoms with van der Waals surface area (Å²) in [6.07, 6.45) is 4.47. The van der Waals surface area contributed by atoms with Gasteiger partial charge in [-0.15, -0.1) is 0 Å². The molecular weight excluding hydrogens is 300 g/mol. The van der Waals surface area contributed by atoms with Crippen LogP contribution in [0.3, 0.4) is 0 Å². The predicted octanol–water partition coefficient (Wildman–Crippen LogP) is 1.38. The number of esters is 1. The minimum atomic E-state index is -0.510. The smallest absolute Gasteiger partial charge is 0.407 e. The Hall–Kier alpha value is -2.05. The molecule has 1 rings (SSSR count). The molecule has 0 radical (unpaired) electrons. The minimum absolute atomic E-state index is 0.0153. The number of hydrogen-bond acceptors (Lipinski definition) is 5. The second kappa shape index (κ2) is 10.6. The third-order valence-corrected chi connectivity index (χ3v) is 3.81. The molecule has 2 atom stereocenters. The summed E-state index contributed by atoms with van der Waals surface area (Å²) in [5.74, 6) is 0.375. The van der Waals surface area contributed by atoms with Gasteiger partial charge in [0.25, 0.3) is 0 Å². The third-order valence-electron chi connectivity index (χ3n) is 3.81. The highest BCUT2D eigenvalue weighted by Gasteiger charge is 2.22. The van der Waals surface area contributed by atoms with Crippen LogP contribution in [-0.4, -0.2) is 44.8 Å². The second-order valence-corrected chi connectivity index (χ2v) is 5.86. The fraction of sp³-hybridized carbons (Fsp3) is 0.688. The molecule has 0 heterocycles. The molecule has 7 heteroatoms. The number of carbonyl (C=O) groups excluding carboxylic acids is 3. The molecule has 0 aromatic carbocycles. The topological polar surface area (TPSA) is 93.7 Å². The molecule has 2 amide bonds. The molecule has 0 aromatic rings. The first kappa shape index (κ1) is 19.0. The van der Waals surface area contributed by atoms with Gasteiger partial charge in [-0.05, 0) is 38.0 Å². The van der Waals surface area contributed by atoms with Gasteiger partial charge in [-0.3, -0.25) is 4.79 Å². The molecule has 0 aliphatic heterocycles. The van der Waals surface area contributed by atoms with Crippen molar-refractivity contribution in [2.75, 3.05) is 26.3 Å². The van der Waals surface area contributed by atoms with Crippen molar-refractivity contribution in [2.45, 2.75) is 32.6 Å². The summed E-state index contributed by atoms with van der Waals surface area (Å²) < 4.78 is 9.76. The normalized spacial score (nSPS) is 20.2. The van der Waals surface area contributed by atoms with E-state index in [0.29, 0.717) is 30.5 Å². The van der Waals surface area contributed by atoms with Crippen LogP contribution >= 0.6 is 0 Å². The van der Waals surface area contributed by atoms with E-state index in [4.69, 9.17) is 9.47 Å². The zero-order valence-electron chi connectivity index (χ0n) is 13.6. The third kappa shape index (κ3) is 8.23. The van der Waals surface area contributed by atoms with E-state index in [2.05, 4.69) is 17.2 Å². The Bertz CT molecular complexity index is 425. The largest absolute Gasteiger partial charge is 0.459 e. The summed E-state index contributed by atoms with van der Waals surface area (Å²) >= 11 is 0. The van der Waals surface area contributed by atoms with Gasteiger partial charge in [0.2, 0.25) is 6.41 Å². The van der Waals surface area contributed by atoms with Crippen LogP contribution in [0.4, 0.5) is 4.79 Å². The number of amides is 2. The molecule has 2 N–H and O–H groups in total.